The van der Waals surface area contributed by atoms with Gasteiger partial charge in [0.2, 0.25) is 0 Å². The van der Waals surface area contributed by atoms with Crippen LogP contribution in [-0.4, -0.2) is 26.3 Å². The Morgan fingerprint density at radius 1 is 1.00 bits per heavy atom. The molecule has 0 heterocycles. The molecule has 1 N–H and O–H groups in total. The molecule has 2 aromatic rings. The highest BCUT2D eigenvalue weighted by Gasteiger charge is 2.40. The summed E-state index contributed by atoms with van der Waals surface area (Å²) in [5.41, 5.74) is -1.30. The SMILES string of the molecule is O=S(=O)(c1ccc(Cl)cc1)C(c1c(F)ccc(F)c1F)C(F)CO. The Balaban J connectivity index is 2.71. The predicted molar refractivity (Wildman–Crippen MR) is 79.7 cm³/mol. The molecule has 0 saturated heterocycles. The normalized spacial score (nSPS) is 14.4. The highest BCUT2D eigenvalue weighted by molar-refractivity contribution is 7.91. The van der Waals surface area contributed by atoms with E-state index in [1.807, 2.05) is 0 Å². The van der Waals surface area contributed by atoms with Crippen LogP contribution in [0.2, 0.25) is 5.02 Å². The monoisotopic (exact) mass is 382 g/mol. The van der Waals surface area contributed by atoms with Crippen LogP contribution < -0.4 is 0 Å². The standard InChI is InChI=1S/C15H11ClF4O3S/c16-8-1-3-9(4-2-8)24(22,23)15(12(19)7-21)13-10(17)5-6-11(18)14(13)20/h1-6,12,15,21H,7H2. The average molecular weight is 383 g/mol. The molecule has 3 nitrogen and oxygen atoms in total. The van der Waals surface area contributed by atoms with Gasteiger partial charge in [0.05, 0.1) is 11.5 Å². The maximum Gasteiger partial charge on any atom is 0.188 e. The van der Waals surface area contributed by atoms with Crippen molar-refractivity contribution < 1.29 is 31.1 Å². The minimum atomic E-state index is -4.68. The van der Waals surface area contributed by atoms with E-state index in [0.29, 0.717) is 12.1 Å². The molecule has 0 spiro atoms. The topological polar surface area (TPSA) is 54.4 Å². The van der Waals surface area contributed by atoms with Gasteiger partial charge >= 0.3 is 0 Å². The van der Waals surface area contributed by atoms with Crippen molar-refractivity contribution in [1.82, 2.24) is 0 Å². The zero-order chi connectivity index (χ0) is 18.1. The van der Waals surface area contributed by atoms with Crippen LogP contribution in [0.1, 0.15) is 10.8 Å². The number of hydrogen-bond acceptors (Lipinski definition) is 3. The van der Waals surface area contributed by atoms with Gasteiger partial charge in [0.25, 0.3) is 0 Å². The lowest BCUT2D eigenvalue weighted by molar-refractivity contribution is 0.170. The van der Waals surface area contributed by atoms with Crippen molar-refractivity contribution >= 4 is 21.4 Å². The first-order chi connectivity index (χ1) is 11.2. The van der Waals surface area contributed by atoms with E-state index >= 15 is 0 Å². The van der Waals surface area contributed by atoms with Crippen molar-refractivity contribution in [2.75, 3.05) is 6.61 Å². The Kier molecular flexibility index (Phi) is 5.52. The van der Waals surface area contributed by atoms with Gasteiger partial charge in [-0.3, -0.25) is 0 Å². The van der Waals surface area contributed by atoms with Crippen LogP contribution >= 0.6 is 11.6 Å². The number of benzene rings is 2. The molecular weight excluding hydrogens is 372 g/mol. The van der Waals surface area contributed by atoms with E-state index in [-0.39, 0.29) is 5.02 Å². The minimum absolute atomic E-state index is 0.188. The Morgan fingerprint density at radius 2 is 1.54 bits per heavy atom. The largest absolute Gasteiger partial charge is 0.393 e. The van der Waals surface area contributed by atoms with E-state index in [4.69, 9.17) is 16.7 Å². The molecular formula is C15H11ClF4O3S. The Labute approximate surface area is 140 Å². The molecule has 2 rings (SSSR count). The van der Waals surface area contributed by atoms with Crippen LogP contribution in [0.25, 0.3) is 0 Å². The molecule has 24 heavy (non-hydrogen) atoms. The van der Waals surface area contributed by atoms with Crippen LogP contribution in [0, 0.1) is 17.5 Å². The van der Waals surface area contributed by atoms with Gasteiger partial charge in [-0.05, 0) is 36.4 Å². The lowest BCUT2D eigenvalue weighted by Crippen LogP contribution is -2.28. The number of rotatable bonds is 5. The number of sulfone groups is 1. The van der Waals surface area contributed by atoms with Gasteiger partial charge in [-0.2, -0.15) is 0 Å². The van der Waals surface area contributed by atoms with Gasteiger partial charge in [0, 0.05) is 10.6 Å². The molecule has 9 heteroatoms. The van der Waals surface area contributed by atoms with Crippen LogP contribution in [0.15, 0.2) is 41.3 Å². The van der Waals surface area contributed by atoms with Crippen molar-refractivity contribution in [1.29, 1.82) is 0 Å². The highest BCUT2D eigenvalue weighted by Crippen LogP contribution is 2.37. The first kappa shape index (κ1) is 18.7. The number of halogens is 5. The average Bonchev–Trinajstić information content (AvgIpc) is 2.54. The third kappa shape index (κ3) is 3.40. The summed E-state index contributed by atoms with van der Waals surface area (Å²) < 4.78 is 80.7. The van der Waals surface area contributed by atoms with Gasteiger partial charge in [-0.15, -0.1) is 0 Å². The van der Waals surface area contributed by atoms with Crippen LogP contribution in [-0.2, 0) is 9.84 Å². The van der Waals surface area contributed by atoms with Crippen molar-refractivity contribution in [2.24, 2.45) is 0 Å². The summed E-state index contributed by atoms with van der Waals surface area (Å²) in [6.45, 7) is -1.33. The highest BCUT2D eigenvalue weighted by atomic mass is 35.5. The summed E-state index contributed by atoms with van der Waals surface area (Å²) in [7, 11) is -4.68. The van der Waals surface area contributed by atoms with Crippen molar-refractivity contribution in [3.05, 3.63) is 64.4 Å². The molecule has 0 aliphatic carbocycles. The Bertz CT molecular complexity index is 841. The maximum absolute atomic E-state index is 14.1. The fraction of sp³-hybridized carbons (Fsp3) is 0.200. The van der Waals surface area contributed by atoms with E-state index in [0.717, 1.165) is 12.1 Å². The predicted octanol–water partition coefficient (Wildman–Crippen LogP) is 3.60. The second-order valence-electron chi connectivity index (χ2n) is 4.87. The number of aliphatic hydroxyl groups excluding tert-OH is 1. The molecule has 2 unspecified atom stereocenters. The summed E-state index contributed by atoms with van der Waals surface area (Å²) in [4.78, 5) is -0.476. The third-order valence-electron chi connectivity index (χ3n) is 3.34. The van der Waals surface area contributed by atoms with Crippen LogP contribution in [0.5, 0.6) is 0 Å². The molecule has 0 fully saturated rings. The second kappa shape index (κ2) is 7.08. The smallest absolute Gasteiger partial charge is 0.188 e. The summed E-state index contributed by atoms with van der Waals surface area (Å²) in [5, 5.41) is 6.70. The molecule has 0 aliphatic rings. The molecule has 130 valence electrons. The lowest BCUT2D eigenvalue weighted by atomic mass is 10.1. The molecule has 0 amide bonds. The van der Waals surface area contributed by atoms with Crippen LogP contribution in [0.4, 0.5) is 17.6 Å². The summed E-state index contributed by atoms with van der Waals surface area (Å²) >= 11 is 5.64. The number of alkyl halides is 1. The van der Waals surface area contributed by atoms with Gasteiger partial charge in [0.15, 0.2) is 21.5 Å². The minimum Gasteiger partial charge on any atom is -0.393 e. The number of aliphatic hydroxyl groups is 1. The van der Waals surface area contributed by atoms with Crippen LogP contribution in [0.3, 0.4) is 0 Å². The van der Waals surface area contributed by atoms with E-state index in [2.05, 4.69) is 0 Å². The molecule has 0 saturated carbocycles. The van der Waals surface area contributed by atoms with E-state index in [1.165, 1.54) is 12.1 Å². The van der Waals surface area contributed by atoms with Gasteiger partial charge in [0.1, 0.15) is 17.2 Å². The molecule has 0 aromatic heterocycles. The Morgan fingerprint density at radius 3 is 2.08 bits per heavy atom. The van der Waals surface area contributed by atoms with Crippen molar-refractivity contribution in [3.8, 4) is 0 Å². The number of hydrogen-bond donors (Lipinski definition) is 1. The second-order valence-corrected chi connectivity index (χ2v) is 7.38. The fourth-order valence-corrected chi connectivity index (χ4v) is 4.14. The third-order valence-corrected chi connectivity index (χ3v) is 5.72. The fourth-order valence-electron chi connectivity index (χ4n) is 2.20. The van der Waals surface area contributed by atoms with Gasteiger partial charge in [-0.1, -0.05) is 11.6 Å². The first-order valence-electron chi connectivity index (χ1n) is 6.58. The zero-order valence-corrected chi connectivity index (χ0v) is 13.5. The molecule has 0 bridgehead atoms. The molecule has 0 radical (unpaired) electrons. The summed E-state index contributed by atoms with van der Waals surface area (Å²) in [6, 6.07) is 5.36. The van der Waals surface area contributed by atoms with E-state index < -0.39 is 55.8 Å². The van der Waals surface area contributed by atoms with Crippen molar-refractivity contribution in [2.45, 2.75) is 16.3 Å². The Hall–Kier alpha value is -1.64. The van der Waals surface area contributed by atoms with Gasteiger partial charge in [-0.25, -0.2) is 26.0 Å². The quantitative estimate of drug-likeness (QED) is 0.635. The van der Waals surface area contributed by atoms with Crippen molar-refractivity contribution in [3.63, 3.8) is 0 Å². The zero-order valence-electron chi connectivity index (χ0n) is 11.9. The molecule has 2 atom stereocenters. The van der Waals surface area contributed by atoms with E-state index in [1.54, 1.807) is 0 Å². The first-order valence-corrected chi connectivity index (χ1v) is 8.50. The maximum atomic E-state index is 14.1. The van der Waals surface area contributed by atoms with E-state index in [9.17, 15) is 26.0 Å². The molecule has 2 aromatic carbocycles. The summed E-state index contributed by atoms with van der Waals surface area (Å²) in [5.74, 6) is -4.80. The summed E-state index contributed by atoms with van der Waals surface area (Å²) in [6.07, 6.45) is -2.57. The molecule has 0 aliphatic heterocycles. The van der Waals surface area contributed by atoms with Gasteiger partial charge < -0.3 is 5.11 Å². The lowest BCUT2D eigenvalue weighted by Gasteiger charge is -2.22.